The van der Waals surface area contributed by atoms with Crippen LogP contribution in [0, 0.1) is 0 Å². The highest BCUT2D eigenvalue weighted by molar-refractivity contribution is 7.89. The number of rotatable bonds is 6. The van der Waals surface area contributed by atoms with Crippen molar-refractivity contribution in [2.24, 2.45) is 0 Å². The molecule has 0 heterocycles. The molecule has 1 N–H and O–H groups in total. The molecular formula is C12H18ClNO2S. The second-order valence-electron chi connectivity index (χ2n) is 4.06. The molecule has 0 aliphatic heterocycles. The summed E-state index contributed by atoms with van der Waals surface area (Å²) in [6, 6.07) is 6.95. The van der Waals surface area contributed by atoms with E-state index in [0.29, 0.717) is 11.4 Å². The number of nitrogens with one attached hydrogen (secondary N) is 1. The van der Waals surface area contributed by atoms with Gasteiger partial charge in [-0.25, -0.2) is 13.1 Å². The molecule has 17 heavy (non-hydrogen) atoms. The van der Waals surface area contributed by atoms with Gasteiger partial charge in [-0.2, -0.15) is 0 Å². The Balaban J connectivity index is 2.65. The average molecular weight is 276 g/mol. The molecule has 0 spiro atoms. The zero-order valence-electron chi connectivity index (χ0n) is 10.1. The van der Waals surface area contributed by atoms with E-state index in [2.05, 4.69) is 4.72 Å². The van der Waals surface area contributed by atoms with Crippen molar-refractivity contribution in [3.63, 3.8) is 0 Å². The van der Waals surface area contributed by atoms with Gasteiger partial charge < -0.3 is 0 Å². The molecule has 0 bridgehead atoms. The van der Waals surface area contributed by atoms with E-state index in [9.17, 15) is 8.42 Å². The van der Waals surface area contributed by atoms with Gasteiger partial charge in [0, 0.05) is 11.1 Å². The van der Waals surface area contributed by atoms with Gasteiger partial charge in [-0.3, -0.25) is 0 Å². The summed E-state index contributed by atoms with van der Waals surface area (Å²) >= 11 is 5.78. The molecular weight excluding hydrogens is 258 g/mol. The Morgan fingerprint density at radius 3 is 2.41 bits per heavy atom. The summed E-state index contributed by atoms with van der Waals surface area (Å²) in [7, 11) is -3.18. The van der Waals surface area contributed by atoms with Crippen molar-refractivity contribution in [3.8, 4) is 0 Å². The largest absolute Gasteiger partial charge is 0.212 e. The minimum atomic E-state index is -3.18. The number of hydrogen-bond donors (Lipinski definition) is 1. The molecule has 1 atom stereocenters. The molecule has 0 saturated heterocycles. The summed E-state index contributed by atoms with van der Waals surface area (Å²) in [6.45, 7) is 3.80. The van der Waals surface area contributed by atoms with E-state index in [1.54, 1.807) is 12.1 Å². The van der Waals surface area contributed by atoms with Crippen LogP contribution < -0.4 is 4.72 Å². The normalized spacial score (nSPS) is 13.6. The van der Waals surface area contributed by atoms with Gasteiger partial charge in [-0.05, 0) is 31.0 Å². The van der Waals surface area contributed by atoms with Crippen LogP contribution in [0.1, 0.15) is 38.3 Å². The third-order valence-electron chi connectivity index (χ3n) is 2.49. The zero-order chi connectivity index (χ0) is 12.9. The fraction of sp³-hybridized carbons (Fsp3) is 0.500. The van der Waals surface area contributed by atoms with Gasteiger partial charge in [0.05, 0.1) is 5.75 Å². The van der Waals surface area contributed by atoms with Crippen LogP contribution in [0.3, 0.4) is 0 Å². The molecule has 0 aliphatic carbocycles. The Kier molecular flexibility index (Phi) is 5.43. The average Bonchev–Trinajstić information content (AvgIpc) is 2.26. The lowest BCUT2D eigenvalue weighted by atomic mass is 10.1. The van der Waals surface area contributed by atoms with Crippen molar-refractivity contribution in [2.45, 2.75) is 32.7 Å². The predicted octanol–water partition coefficient (Wildman–Crippen LogP) is 3.12. The number of halogens is 1. The van der Waals surface area contributed by atoms with Gasteiger partial charge in [0.25, 0.3) is 0 Å². The molecule has 5 heteroatoms. The number of unbranched alkanes of at least 4 members (excludes halogenated alkanes) is 1. The minimum Gasteiger partial charge on any atom is -0.212 e. The molecule has 96 valence electrons. The zero-order valence-corrected chi connectivity index (χ0v) is 11.7. The van der Waals surface area contributed by atoms with Crippen LogP contribution in [0.25, 0.3) is 0 Å². The van der Waals surface area contributed by atoms with E-state index in [4.69, 9.17) is 11.6 Å². The lowest BCUT2D eigenvalue weighted by molar-refractivity contribution is 0.564. The van der Waals surface area contributed by atoms with E-state index in [0.717, 1.165) is 12.0 Å². The van der Waals surface area contributed by atoms with Gasteiger partial charge in [0.15, 0.2) is 0 Å². The molecule has 0 amide bonds. The third kappa shape index (κ3) is 5.06. The maximum atomic E-state index is 11.7. The van der Waals surface area contributed by atoms with Crippen molar-refractivity contribution >= 4 is 21.6 Å². The van der Waals surface area contributed by atoms with Crippen LogP contribution >= 0.6 is 11.6 Å². The minimum absolute atomic E-state index is 0.182. The Morgan fingerprint density at radius 1 is 1.29 bits per heavy atom. The monoisotopic (exact) mass is 275 g/mol. The molecule has 1 aromatic rings. The van der Waals surface area contributed by atoms with Crippen LogP contribution in [-0.4, -0.2) is 14.2 Å². The molecule has 0 fully saturated rings. The summed E-state index contributed by atoms with van der Waals surface area (Å²) < 4.78 is 26.1. The van der Waals surface area contributed by atoms with Crippen LogP contribution in [-0.2, 0) is 10.0 Å². The summed E-state index contributed by atoms with van der Waals surface area (Å²) in [4.78, 5) is 0. The first-order valence-electron chi connectivity index (χ1n) is 5.70. The first-order chi connectivity index (χ1) is 7.94. The fourth-order valence-electron chi connectivity index (χ4n) is 1.48. The molecule has 1 rings (SSSR count). The lowest BCUT2D eigenvalue weighted by Gasteiger charge is -2.14. The molecule has 1 aromatic carbocycles. The molecule has 0 saturated carbocycles. The summed E-state index contributed by atoms with van der Waals surface area (Å²) in [5.74, 6) is 0.182. The van der Waals surface area contributed by atoms with E-state index < -0.39 is 10.0 Å². The lowest BCUT2D eigenvalue weighted by Crippen LogP contribution is -2.29. The van der Waals surface area contributed by atoms with E-state index >= 15 is 0 Å². The Morgan fingerprint density at radius 2 is 1.88 bits per heavy atom. The van der Waals surface area contributed by atoms with Crippen molar-refractivity contribution in [1.82, 2.24) is 4.72 Å². The van der Waals surface area contributed by atoms with E-state index in [1.807, 2.05) is 26.0 Å². The Hall–Kier alpha value is -0.580. The summed E-state index contributed by atoms with van der Waals surface area (Å²) in [6.07, 6.45) is 1.55. The molecule has 0 aromatic heterocycles. The Labute approximate surface area is 108 Å². The first kappa shape index (κ1) is 14.5. The second-order valence-corrected chi connectivity index (χ2v) is 6.37. The maximum absolute atomic E-state index is 11.7. The number of sulfonamides is 1. The molecule has 0 aliphatic rings. The van der Waals surface area contributed by atoms with Crippen LogP contribution in [0.4, 0.5) is 0 Å². The van der Waals surface area contributed by atoms with Crippen molar-refractivity contribution in [3.05, 3.63) is 34.9 Å². The number of benzene rings is 1. The molecule has 0 radical (unpaired) electrons. The van der Waals surface area contributed by atoms with Crippen LogP contribution in [0.15, 0.2) is 24.3 Å². The van der Waals surface area contributed by atoms with Gasteiger partial charge in [-0.15, -0.1) is 0 Å². The SMILES string of the molecule is CCCCS(=O)(=O)NC(C)c1ccc(Cl)cc1. The maximum Gasteiger partial charge on any atom is 0.212 e. The third-order valence-corrected chi connectivity index (χ3v) is 4.28. The van der Waals surface area contributed by atoms with Gasteiger partial charge in [0.1, 0.15) is 0 Å². The summed E-state index contributed by atoms with van der Waals surface area (Å²) in [5, 5.41) is 0.648. The number of hydrogen-bond acceptors (Lipinski definition) is 2. The summed E-state index contributed by atoms with van der Waals surface area (Å²) in [5.41, 5.74) is 0.912. The van der Waals surface area contributed by atoms with Gasteiger partial charge >= 0.3 is 0 Å². The fourth-order valence-corrected chi connectivity index (χ4v) is 3.07. The first-order valence-corrected chi connectivity index (χ1v) is 7.73. The molecule has 1 unspecified atom stereocenters. The van der Waals surface area contributed by atoms with Crippen molar-refractivity contribution < 1.29 is 8.42 Å². The standard InChI is InChI=1S/C12H18ClNO2S/c1-3-4-9-17(15,16)14-10(2)11-5-7-12(13)8-6-11/h5-8,10,14H,3-4,9H2,1-2H3. The van der Waals surface area contributed by atoms with Crippen molar-refractivity contribution in [2.75, 3.05) is 5.75 Å². The highest BCUT2D eigenvalue weighted by Crippen LogP contribution is 2.16. The smallest absolute Gasteiger partial charge is 0.212 e. The topological polar surface area (TPSA) is 46.2 Å². The van der Waals surface area contributed by atoms with Crippen LogP contribution in [0.5, 0.6) is 0 Å². The van der Waals surface area contributed by atoms with Gasteiger partial charge in [0.2, 0.25) is 10.0 Å². The van der Waals surface area contributed by atoms with Crippen molar-refractivity contribution in [1.29, 1.82) is 0 Å². The van der Waals surface area contributed by atoms with Gasteiger partial charge in [-0.1, -0.05) is 37.1 Å². The Bertz CT molecular complexity index is 442. The van der Waals surface area contributed by atoms with E-state index in [1.165, 1.54) is 0 Å². The quantitative estimate of drug-likeness (QED) is 0.867. The van der Waals surface area contributed by atoms with E-state index in [-0.39, 0.29) is 11.8 Å². The molecule has 3 nitrogen and oxygen atoms in total. The van der Waals surface area contributed by atoms with Crippen LogP contribution in [0.2, 0.25) is 5.02 Å². The highest BCUT2D eigenvalue weighted by Gasteiger charge is 2.14. The highest BCUT2D eigenvalue weighted by atomic mass is 35.5. The predicted molar refractivity (Wildman–Crippen MR) is 71.7 cm³/mol. The second kappa shape index (κ2) is 6.38.